The van der Waals surface area contributed by atoms with Crippen molar-refractivity contribution in [1.82, 2.24) is 10.0 Å². The summed E-state index contributed by atoms with van der Waals surface area (Å²) >= 11 is 0. The third-order valence-corrected chi connectivity index (χ3v) is 5.85. The molecule has 0 saturated carbocycles. The van der Waals surface area contributed by atoms with E-state index in [-0.39, 0.29) is 23.9 Å². The van der Waals surface area contributed by atoms with Crippen molar-refractivity contribution < 1.29 is 22.7 Å². The number of amides is 1. The molecule has 0 aliphatic rings. The van der Waals surface area contributed by atoms with E-state index < -0.39 is 10.0 Å². The topological polar surface area (TPSA) is 93.7 Å². The molecule has 0 aliphatic heterocycles. The summed E-state index contributed by atoms with van der Waals surface area (Å²) in [7, 11) is -2.30. The minimum absolute atomic E-state index is 0.0880. The maximum Gasteiger partial charge on any atom is 0.244 e. The number of hydrogen-bond donors (Lipinski definition) is 2. The highest BCUT2D eigenvalue weighted by Crippen LogP contribution is 2.27. The van der Waals surface area contributed by atoms with Crippen molar-refractivity contribution in [3.63, 3.8) is 0 Å². The van der Waals surface area contributed by atoms with Gasteiger partial charge in [0, 0.05) is 19.5 Å². The van der Waals surface area contributed by atoms with Crippen molar-refractivity contribution in [3.8, 4) is 11.5 Å². The zero-order chi connectivity index (χ0) is 21.3. The fourth-order valence-electron chi connectivity index (χ4n) is 2.63. The zero-order valence-electron chi connectivity index (χ0n) is 17.0. The number of nitrogens with one attached hydrogen (secondary N) is 2. The number of benzene rings is 2. The summed E-state index contributed by atoms with van der Waals surface area (Å²) in [6.07, 6.45) is 0.886. The second kappa shape index (κ2) is 10.8. The molecule has 0 spiro atoms. The van der Waals surface area contributed by atoms with E-state index in [4.69, 9.17) is 9.47 Å². The summed E-state index contributed by atoms with van der Waals surface area (Å²) in [6, 6.07) is 12.7. The molecule has 0 heterocycles. The first-order valence-corrected chi connectivity index (χ1v) is 10.9. The van der Waals surface area contributed by atoms with Crippen molar-refractivity contribution in [2.75, 3.05) is 26.8 Å². The summed E-state index contributed by atoms with van der Waals surface area (Å²) in [4.78, 5) is 12.0. The maximum absolute atomic E-state index is 12.5. The number of carbonyl (C=O) groups excluding carboxylic acids is 1. The lowest BCUT2D eigenvalue weighted by molar-refractivity contribution is -0.121. The molecule has 7 nitrogen and oxygen atoms in total. The van der Waals surface area contributed by atoms with Crippen LogP contribution in [0.25, 0.3) is 0 Å². The van der Waals surface area contributed by atoms with E-state index in [1.54, 1.807) is 12.1 Å². The molecule has 8 heteroatoms. The van der Waals surface area contributed by atoms with Crippen LogP contribution in [0.4, 0.5) is 0 Å². The van der Waals surface area contributed by atoms with E-state index in [2.05, 4.69) is 10.0 Å². The monoisotopic (exact) mass is 420 g/mol. The molecule has 29 heavy (non-hydrogen) atoms. The van der Waals surface area contributed by atoms with Gasteiger partial charge < -0.3 is 14.8 Å². The van der Waals surface area contributed by atoms with Gasteiger partial charge in [0.1, 0.15) is 16.4 Å². The number of ether oxygens (including phenoxy) is 2. The van der Waals surface area contributed by atoms with Gasteiger partial charge in [0.25, 0.3) is 0 Å². The Labute approximate surface area is 172 Å². The molecular weight excluding hydrogens is 392 g/mol. The molecule has 0 aliphatic carbocycles. The van der Waals surface area contributed by atoms with Crippen LogP contribution < -0.4 is 19.5 Å². The van der Waals surface area contributed by atoms with Crippen molar-refractivity contribution in [2.45, 2.75) is 31.6 Å². The average Bonchev–Trinajstić information content (AvgIpc) is 2.71. The van der Waals surface area contributed by atoms with E-state index >= 15 is 0 Å². The lowest BCUT2D eigenvalue weighted by Gasteiger charge is -2.13. The van der Waals surface area contributed by atoms with Crippen LogP contribution in [0.15, 0.2) is 47.4 Å². The van der Waals surface area contributed by atoms with Crippen molar-refractivity contribution in [3.05, 3.63) is 53.6 Å². The first-order valence-electron chi connectivity index (χ1n) is 9.43. The molecule has 2 aromatic carbocycles. The minimum atomic E-state index is -3.74. The minimum Gasteiger partial charge on any atom is -0.495 e. The second-order valence-corrected chi connectivity index (χ2v) is 8.34. The van der Waals surface area contributed by atoms with Crippen LogP contribution in [-0.4, -0.2) is 41.1 Å². The van der Waals surface area contributed by atoms with Crippen LogP contribution in [-0.2, 0) is 14.8 Å². The molecule has 0 saturated heterocycles. The van der Waals surface area contributed by atoms with Gasteiger partial charge in [-0.05, 0) is 55.7 Å². The van der Waals surface area contributed by atoms with Crippen LogP contribution in [0.3, 0.4) is 0 Å². The molecule has 0 radical (unpaired) electrons. The van der Waals surface area contributed by atoms with E-state index in [0.717, 1.165) is 16.9 Å². The Kier molecular flexibility index (Phi) is 8.48. The fraction of sp³-hybridized carbons (Fsp3) is 0.381. The Morgan fingerprint density at radius 1 is 1.03 bits per heavy atom. The van der Waals surface area contributed by atoms with Crippen LogP contribution >= 0.6 is 0 Å². The molecule has 2 aromatic rings. The van der Waals surface area contributed by atoms with Crippen LogP contribution in [0.1, 0.15) is 24.0 Å². The predicted molar refractivity (Wildman–Crippen MR) is 112 cm³/mol. The molecule has 2 N–H and O–H groups in total. The smallest absolute Gasteiger partial charge is 0.244 e. The third-order valence-electron chi connectivity index (χ3n) is 4.37. The van der Waals surface area contributed by atoms with Gasteiger partial charge in [0.15, 0.2) is 0 Å². The summed E-state index contributed by atoms with van der Waals surface area (Å²) in [5.41, 5.74) is 1.81. The Morgan fingerprint density at radius 2 is 1.72 bits per heavy atom. The number of carbonyl (C=O) groups is 1. The lowest BCUT2D eigenvalue weighted by atomic mass is 10.1. The van der Waals surface area contributed by atoms with Gasteiger partial charge in [0.05, 0.1) is 13.7 Å². The highest BCUT2D eigenvalue weighted by molar-refractivity contribution is 7.89. The molecule has 0 unspecified atom stereocenters. The Morgan fingerprint density at radius 3 is 2.41 bits per heavy atom. The van der Waals surface area contributed by atoms with Crippen LogP contribution in [0.2, 0.25) is 0 Å². The predicted octanol–water partition coefficient (Wildman–Crippen LogP) is 2.57. The van der Waals surface area contributed by atoms with E-state index in [1.165, 1.54) is 7.11 Å². The SMILES string of the molecule is COc1cc(C)c(C)cc1S(=O)(=O)NCCNC(=O)CCCOc1ccccc1. The highest BCUT2D eigenvalue weighted by atomic mass is 32.2. The Hall–Kier alpha value is -2.58. The van der Waals surface area contributed by atoms with E-state index in [1.807, 2.05) is 44.2 Å². The van der Waals surface area contributed by atoms with Crippen molar-refractivity contribution in [2.24, 2.45) is 0 Å². The number of para-hydroxylation sites is 1. The van der Waals surface area contributed by atoms with Gasteiger partial charge >= 0.3 is 0 Å². The summed E-state index contributed by atoms with van der Waals surface area (Å²) < 4.78 is 38.3. The fourth-order valence-corrected chi connectivity index (χ4v) is 3.89. The second-order valence-electron chi connectivity index (χ2n) is 6.60. The summed E-state index contributed by atoms with van der Waals surface area (Å²) in [5, 5.41) is 2.70. The molecule has 0 aromatic heterocycles. The maximum atomic E-state index is 12.5. The van der Waals surface area contributed by atoms with Gasteiger partial charge in [-0.25, -0.2) is 13.1 Å². The zero-order valence-corrected chi connectivity index (χ0v) is 17.8. The average molecular weight is 421 g/mol. The molecule has 158 valence electrons. The summed E-state index contributed by atoms with van der Waals surface area (Å²) in [6.45, 7) is 4.46. The highest BCUT2D eigenvalue weighted by Gasteiger charge is 2.20. The number of aryl methyl sites for hydroxylation is 2. The van der Waals surface area contributed by atoms with Crippen LogP contribution in [0.5, 0.6) is 11.5 Å². The van der Waals surface area contributed by atoms with Gasteiger partial charge in [-0.2, -0.15) is 0 Å². The molecular formula is C21H28N2O5S. The standard InChI is InChI=1S/C21H28N2O5S/c1-16-14-19(27-3)20(15-17(16)2)29(25,26)23-12-11-22-21(24)10-7-13-28-18-8-5-4-6-9-18/h4-6,8-9,14-15,23H,7,10-13H2,1-3H3,(H,22,24). The Bertz CT molecular complexity index is 914. The summed E-state index contributed by atoms with van der Waals surface area (Å²) in [5.74, 6) is 0.914. The number of sulfonamides is 1. The van der Waals surface area contributed by atoms with Gasteiger partial charge in [-0.3, -0.25) is 4.79 Å². The van der Waals surface area contributed by atoms with E-state index in [9.17, 15) is 13.2 Å². The molecule has 0 fully saturated rings. The van der Waals surface area contributed by atoms with Crippen molar-refractivity contribution >= 4 is 15.9 Å². The van der Waals surface area contributed by atoms with E-state index in [0.29, 0.717) is 25.2 Å². The third kappa shape index (κ3) is 7.07. The number of rotatable bonds is 11. The molecule has 1 amide bonds. The largest absolute Gasteiger partial charge is 0.495 e. The number of methoxy groups -OCH3 is 1. The van der Waals surface area contributed by atoms with Crippen LogP contribution in [0, 0.1) is 13.8 Å². The quantitative estimate of drug-likeness (QED) is 0.545. The Balaban J connectivity index is 1.72. The molecule has 0 bridgehead atoms. The first-order chi connectivity index (χ1) is 13.8. The molecule has 0 atom stereocenters. The normalized spacial score (nSPS) is 11.1. The number of hydrogen-bond acceptors (Lipinski definition) is 5. The van der Waals surface area contributed by atoms with Gasteiger partial charge in [-0.1, -0.05) is 18.2 Å². The first kappa shape index (κ1) is 22.7. The van der Waals surface area contributed by atoms with Crippen molar-refractivity contribution in [1.29, 1.82) is 0 Å². The van der Waals surface area contributed by atoms with Gasteiger partial charge in [-0.15, -0.1) is 0 Å². The van der Waals surface area contributed by atoms with Gasteiger partial charge in [0.2, 0.25) is 15.9 Å². The lowest BCUT2D eigenvalue weighted by Crippen LogP contribution is -2.34. The molecule has 2 rings (SSSR count).